The number of carbonyl (C=O) groups excluding carboxylic acids is 1. The fraction of sp³-hybridized carbons (Fsp3) is 0.300. The highest BCUT2D eigenvalue weighted by Crippen LogP contribution is 2.25. The van der Waals surface area contributed by atoms with Gasteiger partial charge in [0.25, 0.3) is 5.91 Å². The summed E-state index contributed by atoms with van der Waals surface area (Å²) in [5.74, 6) is 0.315. The van der Waals surface area contributed by atoms with Gasteiger partial charge in [0.1, 0.15) is 11.3 Å². The summed E-state index contributed by atoms with van der Waals surface area (Å²) in [7, 11) is 1.57. The molecule has 0 spiro atoms. The molecule has 0 fully saturated rings. The summed E-state index contributed by atoms with van der Waals surface area (Å²) < 4.78 is 5.30. The molecule has 0 aromatic heterocycles. The van der Waals surface area contributed by atoms with Crippen molar-refractivity contribution in [2.24, 2.45) is 0 Å². The third kappa shape index (κ3) is 2.62. The van der Waals surface area contributed by atoms with Gasteiger partial charge in [0.05, 0.1) is 5.56 Å². The van der Waals surface area contributed by atoms with E-state index >= 15 is 0 Å². The molecule has 1 aromatic rings. The molecule has 0 saturated carbocycles. The minimum absolute atomic E-state index is 0.211. The van der Waals surface area contributed by atoms with Crippen LogP contribution in [0.25, 0.3) is 0 Å². The van der Waals surface area contributed by atoms with Crippen molar-refractivity contribution >= 4 is 27.5 Å². The topological polar surface area (TPSA) is 64.4 Å². The molecule has 0 radical (unpaired) electrons. The van der Waals surface area contributed by atoms with E-state index in [0.717, 1.165) is 5.56 Å². The van der Waals surface area contributed by atoms with Crippen LogP contribution in [0.5, 0.6) is 5.75 Å². The Balaban J connectivity index is 3.21. The highest BCUT2D eigenvalue weighted by molar-refractivity contribution is 9.09. The molecular weight excluding hydrogens is 260 g/mol. The Bertz CT molecular complexity index is 380. The first-order chi connectivity index (χ1) is 7.10. The molecule has 0 aliphatic rings. The van der Waals surface area contributed by atoms with Crippen LogP contribution >= 0.6 is 15.9 Å². The second-order valence-electron chi connectivity index (χ2n) is 3.04. The van der Waals surface area contributed by atoms with Crippen molar-refractivity contribution in [2.75, 3.05) is 18.3 Å². The van der Waals surface area contributed by atoms with Gasteiger partial charge in [0.15, 0.2) is 0 Å². The number of nitrogen functional groups attached to an aromatic ring is 1. The number of ether oxygens (including phenoxy) is 1. The number of nitrogens with one attached hydrogen (secondary N) is 1. The quantitative estimate of drug-likeness (QED) is 0.650. The molecule has 0 unspecified atom stereocenters. The number of carbonyl (C=O) groups is 1. The molecule has 0 atom stereocenters. The van der Waals surface area contributed by atoms with E-state index in [4.69, 9.17) is 10.5 Å². The molecule has 0 aliphatic heterocycles. The van der Waals surface area contributed by atoms with Gasteiger partial charge in [-0.1, -0.05) is 0 Å². The van der Waals surface area contributed by atoms with E-state index in [1.165, 1.54) is 0 Å². The third-order valence-electron chi connectivity index (χ3n) is 2.05. The van der Waals surface area contributed by atoms with E-state index < -0.39 is 0 Å². The van der Waals surface area contributed by atoms with Gasteiger partial charge >= 0.3 is 0 Å². The Morgan fingerprint density at radius 1 is 1.60 bits per heavy atom. The SMILES string of the molecule is CNC(=O)c1cc(N)c(C)cc1OCBr. The number of amides is 1. The maximum absolute atomic E-state index is 11.5. The number of alkyl halides is 1. The average molecular weight is 273 g/mol. The van der Waals surface area contributed by atoms with Crippen LogP contribution in [0.3, 0.4) is 0 Å². The molecule has 0 bridgehead atoms. The average Bonchev–Trinajstić information content (AvgIpc) is 2.22. The number of benzene rings is 1. The summed E-state index contributed by atoms with van der Waals surface area (Å²) in [5, 5.41) is 2.54. The number of hydrogen-bond acceptors (Lipinski definition) is 3. The molecule has 15 heavy (non-hydrogen) atoms. The molecule has 3 N–H and O–H groups in total. The zero-order valence-electron chi connectivity index (χ0n) is 8.63. The van der Waals surface area contributed by atoms with Crippen molar-refractivity contribution in [2.45, 2.75) is 6.92 Å². The van der Waals surface area contributed by atoms with E-state index in [9.17, 15) is 4.79 Å². The fourth-order valence-electron chi connectivity index (χ4n) is 1.19. The molecule has 1 aromatic carbocycles. The first-order valence-electron chi connectivity index (χ1n) is 4.41. The van der Waals surface area contributed by atoms with Gasteiger partial charge in [-0.2, -0.15) is 0 Å². The normalized spacial score (nSPS) is 9.80. The van der Waals surface area contributed by atoms with Gasteiger partial charge in [0, 0.05) is 12.7 Å². The lowest BCUT2D eigenvalue weighted by atomic mass is 10.1. The Morgan fingerprint density at radius 2 is 2.27 bits per heavy atom. The monoisotopic (exact) mass is 272 g/mol. The predicted octanol–water partition coefficient (Wildman–Crippen LogP) is 1.67. The molecular formula is C10H13BrN2O2. The van der Waals surface area contributed by atoms with Gasteiger partial charge in [-0.25, -0.2) is 0 Å². The minimum Gasteiger partial charge on any atom is -0.482 e. The lowest BCUT2D eigenvalue weighted by Crippen LogP contribution is -2.19. The first-order valence-corrected chi connectivity index (χ1v) is 5.53. The summed E-state index contributed by atoms with van der Waals surface area (Å²) in [6.07, 6.45) is 0. The zero-order chi connectivity index (χ0) is 11.4. The van der Waals surface area contributed by atoms with Crippen molar-refractivity contribution in [3.05, 3.63) is 23.3 Å². The molecule has 82 valence electrons. The smallest absolute Gasteiger partial charge is 0.254 e. The van der Waals surface area contributed by atoms with Crippen LogP contribution in [0.1, 0.15) is 15.9 Å². The third-order valence-corrected chi connectivity index (χ3v) is 2.28. The van der Waals surface area contributed by atoms with Crippen LogP contribution < -0.4 is 15.8 Å². The Kier molecular flexibility index (Phi) is 3.96. The van der Waals surface area contributed by atoms with Gasteiger partial charge in [-0.15, -0.1) is 0 Å². The molecule has 1 rings (SSSR count). The summed E-state index contributed by atoms with van der Waals surface area (Å²) in [5.41, 5.74) is 7.98. The maximum Gasteiger partial charge on any atom is 0.254 e. The van der Waals surface area contributed by atoms with Gasteiger partial charge in [-0.05, 0) is 40.5 Å². The minimum atomic E-state index is -0.211. The van der Waals surface area contributed by atoms with E-state index in [2.05, 4.69) is 21.2 Å². The Morgan fingerprint density at radius 3 is 2.80 bits per heavy atom. The number of nitrogens with two attached hydrogens (primary N) is 1. The van der Waals surface area contributed by atoms with Crippen LogP contribution in [0.4, 0.5) is 5.69 Å². The molecule has 0 saturated heterocycles. The number of aryl methyl sites for hydroxylation is 1. The standard InChI is InChI=1S/C10H13BrN2O2/c1-6-3-9(15-5-11)7(4-8(6)12)10(14)13-2/h3-4H,5,12H2,1-2H3,(H,13,14). The van der Waals surface area contributed by atoms with E-state index in [1.54, 1.807) is 19.2 Å². The molecule has 1 amide bonds. The van der Waals surface area contributed by atoms with Gasteiger partial charge in [-0.3, -0.25) is 4.79 Å². The number of anilines is 1. The van der Waals surface area contributed by atoms with Crippen molar-refractivity contribution in [1.29, 1.82) is 0 Å². The maximum atomic E-state index is 11.5. The summed E-state index contributed by atoms with van der Waals surface area (Å²) in [6, 6.07) is 3.37. The second kappa shape index (κ2) is 5.02. The van der Waals surface area contributed by atoms with Crippen molar-refractivity contribution in [3.63, 3.8) is 0 Å². The number of hydrogen-bond donors (Lipinski definition) is 2. The molecule has 4 nitrogen and oxygen atoms in total. The second-order valence-corrected chi connectivity index (χ2v) is 3.50. The van der Waals surface area contributed by atoms with Gasteiger partial charge in [0.2, 0.25) is 0 Å². The van der Waals surface area contributed by atoms with Crippen LogP contribution in [0, 0.1) is 6.92 Å². The summed E-state index contributed by atoms with van der Waals surface area (Å²) in [6.45, 7) is 1.87. The van der Waals surface area contributed by atoms with Gasteiger partial charge < -0.3 is 15.8 Å². The van der Waals surface area contributed by atoms with E-state index in [0.29, 0.717) is 22.5 Å². The molecule has 0 heterocycles. The highest BCUT2D eigenvalue weighted by atomic mass is 79.9. The lowest BCUT2D eigenvalue weighted by Gasteiger charge is -2.11. The number of halogens is 1. The summed E-state index contributed by atoms with van der Waals surface area (Å²) in [4.78, 5) is 11.5. The zero-order valence-corrected chi connectivity index (χ0v) is 10.2. The van der Waals surface area contributed by atoms with Crippen molar-refractivity contribution in [3.8, 4) is 5.75 Å². The fourth-order valence-corrected chi connectivity index (χ4v) is 1.44. The van der Waals surface area contributed by atoms with E-state index in [-0.39, 0.29) is 5.91 Å². The van der Waals surface area contributed by atoms with Crippen molar-refractivity contribution < 1.29 is 9.53 Å². The predicted molar refractivity (Wildman–Crippen MR) is 63.4 cm³/mol. The number of rotatable bonds is 3. The highest BCUT2D eigenvalue weighted by Gasteiger charge is 2.13. The molecule has 0 aliphatic carbocycles. The van der Waals surface area contributed by atoms with Crippen LogP contribution in [0.2, 0.25) is 0 Å². The summed E-state index contributed by atoms with van der Waals surface area (Å²) >= 11 is 3.15. The van der Waals surface area contributed by atoms with Crippen LogP contribution in [-0.2, 0) is 0 Å². The lowest BCUT2D eigenvalue weighted by molar-refractivity contribution is 0.0960. The largest absolute Gasteiger partial charge is 0.482 e. The van der Waals surface area contributed by atoms with Crippen molar-refractivity contribution in [1.82, 2.24) is 5.32 Å². The van der Waals surface area contributed by atoms with E-state index in [1.807, 2.05) is 6.92 Å². The van der Waals surface area contributed by atoms with Crippen LogP contribution in [-0.4, -0.2) is 18.5 Å². The first kappa shape index (κ1) is 11.8. The molecule has 5 heteroatoms. The Hall–Kier alpha value is -1.23. The Labute approximate surface area is 96.9 Å². The van der Waals surface area contributed by atoms with Crippen LogP contribution in [0.15, 0.2) is 12.1 Å².